The van der Waals surface area contributed by atoms with Crippen LogP contribution in [0.15, 0.2) is 18.3 Å². The predicted molar refractivity (Wildman–Crippen MR) is 74.1 cm³/mol. The number of amides is 2. The van der Waals surface area contributed by atoms with E-state index in [1.54, 1.807) is 17.7 Å². The molecule has 0 atom stereocenters. The standard InChI is InChI=1S/C14H21N3O3/c15-14(19)13-11(8-6-10-16-13)7-4-2-1-3-5-9-12(18)17-20/h6,8,10,20H,1-5,7,9H2,(H2,15,19)(H,17,18). The molecule has 0 aliphatic rings. The zero-order valence-electron chi connectivity index (χ0n) is 11.5. The third-order valence-corrected chi connectivity index (χ3v) is 3.10. The molecular weight excluding hydrogens is 258 g/mol. The molecule has 6 nitrogen and oxygen atoms in total. The Labute approximate surface area is 118 Å². The number of nitrogens with two attached hydrogens (primary N) is 1. The van der Waals surface area contributed by atoms with Crippen molar-refractivity contribution in [2.24, 2.45) is 5.73 Å². The molecule has 0 aliphatic carbocycles. The van der Waals surface area contributed by atoms with Gasteiger partial charge >= 0.3 is 0 Å². The van der Waals surface area contributed by atoms with Crippen molar-refractivity contribution in [1.82, 2.24) is 10.5 Å². The number of hydrogen-bond donors (Lipinski definition) is 3. The highest BCUT2D eigenvalue weighted by atomic mass is 16.5. The van der Waals surface area contributed by atoms with Gasteiger partial charge in [0, 0.05) is 12.6 Å². The fourth-order valence-corrected chi connectivity index (χ4v) is 2.05. The quantitative estimate of drug-likeness (QED) is 0.362. The highest BCUT2D eigenvalue weighted by molar-refractivity contribution is 5.92. The minimum absolute atomic E-state index is 0.341. The van der Waals surface area contributed by atoms with Crippen LogP contribution in [0.1, 0.15) is 54.6 Å². The maximum Gasteiger partial charge on any atom is 0.267 e. The van der Waals surface area contributed by atoms with Crippen LogP contribution in [-0.2, 0) is 11.2 Å². The van der Waals surface area contributed by atoms with Gasteiger partial charge in [-0.3, -0.25) is 19.8 Å². The van der Waals surface area contributed by atoms with Crippen molar-refractivity contribution in [2.45, 2.75) is 44.9 Å². The number of unbranched alkanes of at least 4 members (excludes halogenated alkanes) is 4. The lowest BCUT2D eigenvalue weighted by molar-refractivity contribution is -0.129. The molecule has 0 aliphatic heterocycles. The normalized spacial score (nSPS) is 10.2. The summed E-state index contributed by atoms with van der Waals surface area (Å²) in [6.45, 7) is 0. The molecule has 0 saturated heterocycles. The van der Waals surface area contributed by atoms with Crippen LogP contribution >= 0.6 is 0 Å². The van der Waals surface area contributed by atoms with Crippen molar-refractivity contribution in [3.8, 4) is 0 Å². The summed E-state index contributed by atoms with van der Waals surface area (Å²) < 4.78 is 0. The van der Waals surface area contributed by atoms with E-state index in [0.29, 0.717) is 12.1 Å². The first-order valence-electron chi connectivity index (χ1n) is 6.81. The summed E-state index contributed by atoms with van der Waals surface area (Å²) in [5, 5.41) is 8.33. The lowest BCUT2D eigenvalue weighted by Crippen LogP contribution is -2.17. The molecule has 0 spiro atoms. The summed E-state index contributed by atoms with van der Waals surface area (Å²) in [5.74, 6) is -0.831. The fourth-order valence-electron chi connectivity index (χ4n) is 2.05. The molecule has 1 aromatic heterocycles. The first-order chi connectivity index (χ1) is 9.65. The minimum Gasteiger partial charge on any atom is -0.364 e. The first-order valence-corrected chi connectivity index (χ1v) is 6.81. The van der Waals surface area contributed by atoms with Gasteiger partial charge in [-0.1, -0.05) is 25.3 Å². The minimum atomic E-state index is -0.490. The Kier molecular flexibility index (Phi) is 7.27. The Morgan fingerprint density at radius 1 is 1.20 bits per heavy atom. The van der Waals surface area contributed by atoms with Gasteiger partial charge in [0.2, 0.25) is 5.91 Å². The molecule has 0 saturated carbocycles. The van der Waals surface area contributed by atoms with Gasteiger partial charge in [-0.05, 0) is 30.9 Å². The first kappa shape index (κ1) is 16.1. The molecule has 0 fully saturated rings. The summed E-state index contributed by atoms with van der Waals surface area (Å²) in [6, 6.07) is 3.67. The number of aryl methyl sites for hydroxylation is 1. The molecule has 1 aromatic rings. The van der Waals surface area contributed by atoms with Crippen LogP contribution in [-0.4, -0.2) is 22.0 Å². The van der Waals surface area contributed by atoms with Crippen LogP contribution in [0.25, 0.3) is 0 Å². The van der Waals surface area contributed by atoms with Crippen molar-refractivity contribution >= 4 is 11.8 Å². The summed E-state index contributed by atoms with van der Waals surface area (Å²) >= 11 is 0. The van der Waals surface area contributed by atoms with Crippen molar-refractivity contribution < 1.29 is 14.8 Å². The summed E-state index contributed by atoms with van der Waals surface area (Å²) in [4.78, 5) is 26.0. The van der Waals surface area contributed by atoms with Gasteiger partial charge in [-0.15, -0.1) is 0 Å². The monoisotopic (exact) mass is 279 g/mol. The third kappa shape index (κ3) is 5.79. The molecule has 0 unspecified atom stereocenters. The summed E-state index contributed by atoms with van der Waals surface area (Å²) in [6.07, 6.45) is 7.41. The maximum absolute atomic E-state index is 11.2. The van der Waals surface area contributed by atoms with Gasteiger partial charge < -0.3 is 5.73 Å². The zero-order chi connectivity index (χ0) is 14.8. The molecule has 0 aromatic carbocycles. The number of rotatable bonds is 9. The van der Waals surface area contributed by atoms with Crippen LogP contribution in [0, 0.1) is 0 Å². The SMILES string of the molecule is NC(=O)c1ncccc1CCCCCCCC(=O)NO. The van der Waals surface area contributed by atoms with E-state index >= 15 is 0 Å². The van der Waals surface area contributed by atoms with E-state index in [4.69, 9.17) is 10.9 Å². The summed E-state index contributed by atoms with van der Waals surface area (Å²) in [5.41, 5.74) is 8.12. The second-order valence-electron chi connectivity index (χ2n) is 4.68. The highest BCUT2D eigenvalue weighted by Crippen LogP contribution is 2.12. The second-order valence-corrected chi connectivity index (χ2v) is 4.68. The number of nitrogens with zero attached hydrogens (tertiary/aromatic N) is 1. The lowest BCUT2D eigenvalue weighted by Gasteiger charge is -2.05. The molecule has 20 heavy (non-hydrogen) atoms. The molecule has 4 N–H and O–H groups in total. The molecule has 110 valence electrons. The Balaban J connectivity index is 2.19. The topological polar surface area (TPSA) is 105 Å². The maximum atomic E-state index is 11.2. The zero-order valence-corrected chi connectivity index (χ0v) is 11.5. The number of carbonyl (C=O) groups is 2. The Morgan fingerprint density at radius 3 is 2.60 bits per heavy atom. The van der Waals surface area contributed by atoms with Crippen molar-refractivity contribution in [3.63, 3.8) is 0 Å². The lowest BCUT2D eigenvalue weighted by atomic mass is 10.0. The van der Waals surface area contributed by atoms with Crippen LogP contribution < -0.4 is 11.2 Å². The van der Waals surface area contributed by atoms with Gasteiger partial charge in [-0.2, -0.15) is 0 Å². The van der Waals surface area contributed by atoms with Gasteiger partial charge in [0.1, 0.15) is 5.69 Å². The van der Waals surface area contributed by atoms with E-state index in [1.807, 2.05) is 6.07 Å². The molecule has 0 bridgehead atoms. The molecule has 0 radical (unpaired) electrons. The number of carbonyl (C=O) groups excluding carboxylic acids is 2. The Bertz CT molecular complexity index is 449. The van der Waals surface area contributed by atoms with E-state index < -0.39 is 5.91 Å². The molecule has 1 heterocycles. The van der Waals surface area contributed by atoms with E-state index in [0.717, 1.165) is 44.1 Å². The van der Waals surface area contributed by atoms with E-state index in [2.05, 4.69) is 4.98 Å². The average Bonchev–Trinajstić information content (AvgIpc) is 2.46. The highest BCUT2D eigenvalue weighted by Gasteiger charge is 2.08. The number of hydrogen-bond acceptors (Lipinski definition) is 4. The van der Waals surface area contributed by atoms with Gasteiger partial charge in [0.25, 0.3) is 5.91 Å². The Hall–Kier alpha value is -1.95. The summed E-state index contributed by atoms with van der Waals surface area (Å²) in [7, 11) is 0. The van der Waals surface area contributed by atoms with E-state index in [-0.39, 0.29) is 5.91 Å². The number of aromatic nitrogens is 1. The molecule has 2 amide bonds. The van der Waals surface area contributed by atoms with Crippen LogP contribution in [0.4, 0.5) is 0 Å². The van der Waals surface area contributed by atoms with Crippen LogP contribution in [0.3, 0.4) is 0 Å². The number of nitrogens with one attached hydrogen (secondary N) is 1. The van der Waals surface area contributed by atoms with Crippen molar-refractivity contribution in [1.29, 1.82) is 0 Å². The third-order valence-electron chi connectivity index (χ3n) is 3.10. The fraction of sp³-hybridized carbons (Fsp3) is 0.500. The van der Waals surface area contributed by atoms with E-state index in [9.17, 15) is 9.59 Å². The van der Waals surface area contributed by atoms with Crippen LogP contribution in [0.5, 0.6) is 0 Å². The molecule has 6 heteroatoms. The van der Waals surface area contributed by atoms with Gasteiger partial charge in [0.05, 0.1) is 0 Å². The van der Waals surface area contributed by atoms with Gasteiger partial charge in [-0.25, -0.2) is 5.48 Å². The Morgan fingerprint density at radius 2 is 1.90 bits per heavy atom. The van der Waals surface area contributed by atoms with E-state index in [1.165, 1.54) is 0 Å². The average molecular weight is 279 g/mol. The molecular formula is C14H21N3O3. The smallest absolute Gasteiger partial charge is 0.267 e. The number of hydroxylamine groups is 1. The number of primary amides is 1. The van der Waals surface area contributed by atoms with Crippen molar-refractivity contribution in [2.75, 3.05) is 0 Å². The van der Waals surface area contributed by atoms with Crippen LogP contribution in [0.2, 0.25) is 0 Å². The largest absolute Gasteiger partial charge is 0.364 e. The van der Waals surface area contributed by atoms with Gasteiger partial charge in [0.15, 0.2) is 0 Å². The molecule has 1 rings (SSSR count). The van der Waals surface area contributed by atoms with Crippen molar-refractivity contribution in [3.05, 3.63) is 29.6 Å². The second kappa shape index (κ2) is 9.03. The number of pyridine rings is 1. The predicted octanol–water partition coefficient (Wildman–Crippen LogP) is 1.57.